The van der Waals surface area contributed by atoms with E-state index in [4.69, 9.17) is 16.3 Å². The molecule has 2 heterocycles. The third kappa shape index (κ3) is 2.85. The Morgan fingerprint density at radius 1 is 1.53 bits per heavy atom. The van der Waals surface area contributed by atoms with Gasteiger partial charge in [-0.2, -0.15) is 4.98 Å². The first kappa shape index (κ1) is 11.7. The molecule has 0 aliphatic carbocycles. The summed E-state index contributed by atoms with van der Waals surface area (Å²) >= 11 is 5.74. The zero-order chi connectivity index (χ0) is 12.3. The number of carbonyl (C=O) groups is 1. The zero-order valence-electron chi connectivity index (χ0n) is 9.16. The number of ether oxygens (including phenoxy) is 1. The number of nitrogens with one attached hydrogen (secondary N) is 2. The van der Waals surface area contributed by atoms with Crippen molar-refractivity contribution in [3.63, 3.8) is 0 Å². The number of aromatic nitrogens is 3. The molecule has 0 fully saturated rings. The molecule has 0 amide bonds. The lowest BCUT2D eigenvalue weighted by molar-refractivity contribution is -0.140. The normalized spacial score (nSPS) is 10.5. The summed E-state index contributed by atoms with van der Waals surface area (Å²) in [5.74, 6) is 0.127. The Bertz CT molecular complexity index is 540. The minimum atomic E-state index is -0.334. The number of fused-ring (bicyclic) bond motifs is 1. The van der Waals surface area contributed by atoms with Gasteiger partial charge in [0.25, 0.3) is 0 Å². The van der Waals surface area contributed by atoms with Crippen molar-refractivity contribution in [3.05, 3.63) is 17.3 Å². The molecule has 0 bridgehead atoms. The highest BCUT2D eigenvalue weighted by Crippen LogP contribution is 2.14. The predicted octanol–water partition coefficient (Wildman–Crippen LogP) is 1.59. The summed E-state index contributed by atoms with van der Waals surface area (Å²) in [6, 6.07) is 3.43. The molecule has 0 spiro atoms. The Kier molecular flexibility index (Phi) is 3.43. The fourth-order valence-corrected chi connectivity index (χ4v) is 1.46. The Hall–Kier alpha value is -1.82. The SMILES string of the molecule is CCOC(=O)CNc1nc2nc(Cl)ccc2[nH]1. The Morgan fingerprint density at radius 2 is 2.35 bits per heavy atom. The quantitative estimate of drug-likeness (QED) is 0.640. The molecule has 2 aromatic rings. The van der Waals surface area contributed by atoms with Crippen molar-refractivity contribution in [2.24, 2.45) is 0 Å². The molecule has 2 aromatic heterocycles. The van der Waals surface area contributed by atoms with E-state index in [1.807, 2.05) is 0 Å². The van der Waals surface area contributed by atoms with Gasteiger partial charge in [0.05, 0.1) is 12.1 Å². The monoisotopic (exact) mass is 254 g/mol. The summed E-state index contributed by atoms with van der Waals surface area (Å²) in [5.41, 5.74) is 1.25. The number of hydrogen-bond acceptors (Lipinski definition) is 5. The summed E-state index contributed by atoms with van der Waals surface area (Å²) < 4.78 is 4.78. The van der Waals surface area contributed by atoms with Crippen molar-refractivity contribution in [1.29, 1.82) is 0 Å². The number of nitrogens with zero attached hydrogens (tertiary/aromatic N) is 2. The van der Waals surface area contributed by atoms with Gasteiger partial charge in [-0.3, -0.25) is 4.79 Å². The number of hydrogen-bond donors (Lipinski definition) is 2. The van der Waals surface area contributed by atoms with E-state index in [9.17, 15) is 4.79 Å². The second kappa shape index (κ2) is 5.01. The Labute approximate surface area is 102 Å². The van der Waals surface area contributed by atoms with E-state index in [1.54, 1.807) is 19.1 Å². The maximum absolute atomic E-state index is 11.1. The molecular formula is C10H11ClN4O2. The summed E-state index contributed by atoms with van der Waals surface area (Å²) in [7, 11) is 0. The molecule has 6 nitrogen and oxygen atoms in total. The fourth-order valence-electron chi connectivity index (χ4n) is 1.32. The standard InChI is InChI=1S/C10H11ClN4O2/c1-2-17-8(16)5-12-10-13-6-3-4-7(11)14-9(6)15-10/h3-4H,2,5H2,1H3,(H2,12,13,14,15). The van der Waals surface area contributed by atoms with Crippen molar-refractivity contribution in [1.82, 2.24) is 15.0 Å². The summed E-state index contributed by atoms with van der Waals surface area (Å²) in [5, 5.41) is 3.19. The Morgan fingerprint density at radius 3 is 3.12 bits per heavy atom. The maximum atomic E-state index is 11.1. The van der Waals surface area contributed by atoms with Crippen LogP contribution >= 0.6 is 11.6 Å². The average Bonchev–Trinajstić information content (AvgIpc) is 2.68. The van der Waals surface area contributed by atoms with E-state index in [1.165, 1.54) is 0 Å². The van der Waals surface area contributed by atoms with E-state index in [2.05, 4.69) is 20.3 Å². The average molecular weight is 255 g/mol. The zero-order valence-corrected chi connectivity index (χ0v) is 9.91. The van der Waals surface area contributed by atoms with Crippen molar-refractivity contribution in [2.45, 2.75) is 6.92 Å². The van der Waals surface area contributed by atoms with Gasteiger partial charge < -0.3 is 15.0 Å². The highest BCUT2D eigenvalue weighted by Gasteiger charge is 2.06. The second-order valence-corrected chi connectivity index (χ2v) is 3.64. The largest absolute Gasteiger partial charge is 0.465 e. The van der Waals surface area contributed by atoms with Gasteiger partial charge in [-0.05, 0) is 19.1 Å². The molecule has 0 unspecified atom stereocenters. The molecule has 0 saturated heterocycles. The van der Waals surface area contributed by atoms with Crippen molar-refractivity contribution in [3.8, 4) is 0 Å². The summed E-state index contributed by atoms with van der Waals surface area (Å²) in [4.78, 5) is 22.3. The van der Waals surface area contributed by atoms with Crippen LogP contribution in [0.5, 0.6) is 0 Å². The lowest BCUT2D eigenvalue weighted by Crippen LogP contribution is -2.17. The first-order valence-corrected chi connectivity index (χ1v) is 5.48. The van der Waals surface area contributed by atoms with Crippen LogP contribution in [-0.4, -0.2) is 34.1 Å². The number of anilines is 1. The van der Waals surface area contributed by atoms with Crippen LogP contribution in [0.2, 0.25) is 5.15 Å². The molecule has 90 valence electrons. The van der Waals surface area contributed by atoms with Crippen LogP contribution in [-0.2, 0) is 9.53 Å². The molecule has 0 atom stereocenters. The van der Waals surface area contributed by atoms with Gasteiger partial charge >= 0.3 is 5.97 Å². The van der Waals surface area contributed by atoms with Gasteiger partial charge in [-0.15, -0.1) is 0 Å². The Balaban J connectivity index is 2.07. The number of rotatable bonds is 4. The highest BCUT2D eigenvalue weighted by molar-refractivity contribution is 6.29. The van der Waals surface area contributed by atoms with Crippen molar-refractivity contribution in [2.75, 3.05) is 18.5 Å². The molecule has 2 rings (SSSR count). The van der Waals surface area contributed by atoms with Crippen molar-refractivity contribution < 1.29 is 9.53 Å². The fraction of sp³-hybridized carbons (Fsp3) is 0.300. The first-order valence-electron chi connectivity index (χ1n) is 5.11. The lowest BCUT2D eigenvalue weighted by atomic mass is 10.4. The second-order valence-electron chi connectivity index (χ2n) is 3.25. The van der Waals surface area contributed by atoms with Gasteiger partial charge in [-0.25, -0.2) is 4.98 Å². The predicted molar refractivity (Wildman–Crippen MR) is 64.0 cm³/mol. The van der Waals surface area contributed by atoms with Gasteiger partial charge in [0.1, 0.15) is 11.7 Å². The maximum Gasteiger partial charge on any atom is 0.325 e. The number of imidazole rings is 1. The number of carbonyl (C=O) groups excluding carboxylic acids is 1. The van der Waals surface area contributed by atoms with Gasteiger partial charge in [0.15, 0.2) is 5.65 Å². The summed E-state index contributed by atoms with van der Waals surface area (Å²) in [6.45, 7) is 2.17. The summed E-state index contributed by atoms with van der Waals surface area (Å²) in [6.07, 6.45) is 0. The number of pyridine rings is 1. The topological polar surface area (TPSA) is 79.9 Å². The molecule has 0 aliphatic rings. The minimum Gasteiger partial charge on any atom is -0.465 e. The third-order valence-electron chi connectivity index (χ3n) is 2.02. The van der Waals surface area contributed by atoms with Crippen molar-refractivity contribution >= 4 is 34.7 Å². The van der Waals surface area contributed by atoms with Crippen LogP contribution in [0.4, 0.5) is 5.95 Å². The molecule has 7 heteroatoms. The van der Waals surface area contributed by atoms with Crippen LogP contribution < -0.4 is 5.32 Å². The number of H-pyrrole nitrogens is 1. The highest BCUT2D eigenvalue weighted by atomic mass is 35.5. The number of esters is 1. The van der Waals surface area contributed by atoms with Crippen LogP contribution in [0.25, 0.3) is 11.2 Å². The van der Waals surface area contributed by atoms with Crippen LogP contribution in [0, 0.1) is 0 Å². The molecule has 0 saturated carbocycles. The third-order valence-corrected chi connectivity index (χ3v) is 2.23. The van der Waals surface area contributed by atoms with E-state index in [-0.39, 0.29) is 12.5 Å². The first-order chi connectivity index (χ1) is 8.19. The van der Waals surface area contributed by atoms with Gasteiger partial charge in [0.2, 0.25) is 5.95 Å². The molecular weight excluding hydrogens is 244 g/mol. The van der Waals surface area contributed by atoms with Gasteiger partial charge in [0, 0.05) is 0 Å². The smallest absolute Gasteiger partial charge is 0.325 e. The molecule has 0 aromatic carbocycles. The minimum absolute atomic E-state index is 0.0569. The van der Waals surface area contributed by atoms with E-state index in [0.717, 1.165) is 5.52 Å². The van der Waals surface area contributed by atoms with Gasteiger partial charge in [-0.1, -0.05) is 11.6 Å². The van der Waals surface area contributed by atoms with E-state index >= 15 is 0 Å². The molecule has 0 aliphatic heterocycles. The number of halogens is 1. The van der Waals surface area contributed by atoms with E-state index < -0.39 is 0 Å². The molecule has 0 radical (unpaired) electrons. The van der Waals surface area contributed by atoms with Crippen LogP contribution in [0.1, 0.15) is 6.92 Å². The van der Waals surface area contributed by atoms with Crippen LogP contribution in [0.3, 0.4) is 0 Å². The molecule has 17 heavy (non-hydrogen) atoms. The van der Waals surface area contributed by atoms with Crippen LogP contribution in [0.15, 0.2) is 12.1 Å². The number of aromatic amines is 1. The lowest BCUT2D eigenvalue weighted by Gasteiger charge is -2.01. The van der Waals surface area contributed by atoms with E-state index in [0.29, 0.717) is 23.4 Å². The molecule has 2 N–H and O–H groups in total.